The van der Waals surface area contributed by atoms with Crippen LogP contribution in [0.5, 0.6) is 11.5 Å². The topological polar surface area (TPSA) is 81.7 Å². The van der Waals surface area contributed by atoms with Crippen LogP contribution >= 0.6 is 23.2 Å². The second-order valence-electron chi connectivity index (χ2n) is 10.3. The second kappa shape index (κ2) is 14.2. The molecule has 0 heterocycles. The minimum atomic E-state index is -0.570. The zero-order valence-electron chi connectivity index (χ0n) is 23.4. The van der Waals surface area contributed by atoms with Crippen molar-refractivity contribution in [2.24, 2.45) is 0 Å². The molecule has 0 bridgehead atoms. The lowest BCUT2D eigenvalue weighted by Gasteiger charge is -2.26. The molecule has 0 unspecified atom stereocenters. The summed E-state index contributed by atoms with van der Waals surface area (Å²) in [5, 5.41) is 3.40. The highest BCUT2D eigenvalue weighted by molar-refractivity contribution is 6.36. The van der Waals surface area contributed by atoms with Gasteiger partial charge in [0.1, 0.15) is 11.5 Å². The zero-order valence-corrected chi connectivity index (χ0v) is 24.9. The molecule has 0 aliphatic carbocycles. The quantitative estimate of drug-likeness (QED) is 0.129. The summed E-state index contributed by atoms with van der Waals surface area (Å²) in [6.07, 6.45) is 0.401. The highest BCUT2D eigenvalue weighted by Crippen LogP contribution is 2.33. The van der Waals surface area contributed by atoms with E-state index in [0.717, 1.165) is 0 Å². The van der Waals surface area contributed by atoms with Gasteiger partial charge < -0.3 is 14.8 Å². The third kappa shape index (κ3) is 8.44. The van der Waals surface area contributed by atoms with Crippen LogP contribution in [0.15, 0.2) is 97.1 Å². The van der Waals surface area contributed by atoms with Crippen LogP contribution in [0.3, 0.4) is 0 Å². The fourth-order valence-electron chi connectivity index (χ4n) is 4.33. The Morgan fingerprint density at radius 2 is 1.38 bits per heavy atom. The van der Waals surface area contributed by atoms with E-state index in [0.29, 0.717) is 22.2 Å². The number of nitrogens with one attached hydrogen (secondary N) is 1. The van der Waals surface area contributed by atoms with Crippen molar-refractivity contribution in [3.8, 4) is 11.5 Å². The van der Waals surface area contributed by atoms with Gasteiger partial charge in [-0.25, -0.2) is 0 Å². The summed E-state index contributed by atoms with van der Waals surface area (Å²) in [4.78, 5) is 36.5. The molecule has 0 aromatic heterocycles. The molecule has 0 saturated carbocycles. The lowest BCUT2D eigenvalue weighted by molar-refractivity contribution is -0.142. The number of anilines is 1. The monoisotopic (exact) mass is 603 g/mol. The highest BCUT2D eigenvalue weighted by Gasteiger charge is 2.22. The van der Waals surface area contributed by atoms with Crippen LogP contribution in [0.2, 0.25) is 10.0 Å². The van der Waals surface area contributed by atoms with Gasteiger partial charge in [0, 0.05) is 34.5 Å². The summed E-state index contributed by atoms with van der Waals surface area (Å²) in [5.74, 6) is 0.111. The first-order valence-corrected chi connectivity index (χ1v) is 14.2. The van der Waals surface area contributed by atoms with Crippen molar-refractivity contribution in [3.05, 3.63) is 124 Å². The number of benzene rings is 4. The summed E-state index contributed by atoms with van der Waals surface area (Å²) in [6.45, 7) is 3.96. The molecule has 0 fully saturated rings. The molecule has 6 nitrogen and oxygen atoms in total. The Bertz CT molecular complexity index is 1530. The van der Waals surface area contributed by atoms with Gasteiger partial charge in [-0.05, 0) is 72.1 Å². The van der Waals surface area contributed by atoms with Crippen LogP contribution in [-0.2, 0) is 19.7 Å². The average Bonchev–Trinajstić information content (AvgIpc) is 2.97. The average molecular weight is 605 g/mol. The predicted molar refractivity (Wildman–Crippen MR) is 166 cm³/mol. The van der Waals surface area contributed by atoms with Gasteiger partial charge >= 0.3 is 5.97 Å². The first-order valence-electron chi connectivity index (χ1n) is 13.5. The van der Waals surface area contributed by atoms with Gasteiger partial charge in [-0.15, -0.1) is 0 Å². The molecule has 4 rings (SSSR count). The molecule has 0 atom stereocenters. The molecule has 0 aliphatic rings. The molecule has 4 aromatic carbocycles. The van der Waals surface area contributed by atoms with E-state index in [1.807, 2.05) is 30.3 Å². The van der Waals surface area contributed by atoms with Gasteiger partial charge in [0.25, 0.3) is 0 Å². The molecule has 0 spiro atoms. The molecule has 0 saturated heterocycles. The highest BCUT2D eigenvalue weighted by atomic mass is 35.5. The number of halogens is 2. The van der Waals surface area contributed by atoms with Crippen LogP contribution in [0, 0.1) is 0 Å². The number of carbonyl (C=O) groups excluding carboxylic acids is 3. The van der Waals surface area contributed by atoms with Crippen LogP contribution in [0.25, 0.3) is 0 Å². The van der Waals surface area contributed by atoms with Gasteiger partial charge in [-0.1, -0.05) is 79.5 Å². The van der Waals surface area contributed by atoms with E-state index < -0.39 is 18.4 Å². The van der Waals surface area contributed by atoms with Gasteiger partial charge in [-0.3, -0.25) is 14.4 Å². The number of carbonyl (C=O) groups is 3. The largest absolute Gasteiger partial charge is 0.457 e. The van der Waals surface area contributed by atoms with E-state index in [4.69, 9.17) is 32.7 Å². The molecule has 216 valence electrons. The van der Waals surface area contributed by atoms with E-state index in [1.54, 1.807) is 24.3 Å². The van der Waals surface area contributed by atoms with Crippen LogP contribution in [0.4, 0.5) is 5.69 Å². The fraction of sp³-hybridized carbons (Fsp3) is 0.206. The Morgan fingerprint density at radius 3 is 2.02 bits per heavy atom. The molecule has 0 aliphatic heterocycles. The maximum absolute atomic E-state index is 12.3. The number of esters is 1. The number of rotatable bonds is 12. The molecule has 1 amide bonds. The van der Waals surface area contributed by atoms with Crippen molar-refractivity contribution < 1.29 is 23.9 Å². The Hall–Kier alpha value is -4.13. The third-order valence-electron chi connectivity index (χ3n) is 6.83. The van der Waals surface area contributed by atoms with Gasteiger partial charge in [0.05, 0.1) is 5.02 Å². The molecule has 4 aromatic rings. The number of ether oxygens (including phenoxy) is 2. The number of amides is 1. The van der Waals surface area contributed by atoms with Gasteiger partial charge in [0.15, 0.2) is 6.61 Å². The maximum Gasteiger partial charge on any atom is 0.306 e. The first kappa shape index (κ1) is 30.8. The number of hydrogen-bond acceptors (Lipinski definition) is 5. The molecular formula is C34H31Cl2NO5. The minimum Gasteiger partial charge on any atom is -0.457 e. The number of ketones is 1. The van der Waals surface area contributed by atoms with Crippen LogP contribution in [-0.4, -0.2) is 24.3 Å². The van der Waals surface area contributed by atoms with Crippen molar-refractivity contribution in [1.29, 1.82) is 0 Å². The van der Waals surface area contributed by atoms with E-state index in [-0.39, 0.29) is 41.2 Å². The van der Waals surface area contributed by atoms with Crippen molar-refractivity contribution in [1.82, 2.24) is 0 Å². The minimum absolute atomic E-state index is 0.00312. The summed E-state index contributed by atoms with van der Waals surface area (Å²) in [5.41, 5.74) is 3.13. The third-order valence-corrected chi connectivity index (χ3v) is 7.37. The summed E-state index contributed by atoms with van der Waals surface area (Å²) >= 11 is 11.8. The van der Waals surface area contributed by atoms with Crippen molar-refractivity contribution >= 4 is 46.5 Å². The zero-order chi connectivity index (χ0) is 30.1. The molecule has 1 N–H and O–H groups in total. The Kier molecular flexibility index (Phi) is 10.4. The summed E-state index contributed by atoms with van der Waals surface area (Å²) < 4.78 is 11.0. The van der Waals surface area contributed by atoms with Crippen LogP contribution < -0.4 is 10.1 Å². The maximum atomic E-state index is 12.3. The SMILES string of the molecule is CC(C)(c1ccccc1)c1ccc(Oc2ccc(NC(=O)CCCC(=O)OCC(=O)c3ccc(Cl)cc3Cl)cc2)cc1. The Morgan fingerprint density at radius 1 is 0.762 bits per heavy atom. The van der Waals surface area contributed by atoms with Crippen molar-refractivity contribution in [3.63, 3.8) is 0 Å². The van der Waals surface area contributed by atoms with Gasteiger partial charge in [-0.2, -0.15) is 0 Å². The molecule has 42 heavy (non-hydrogen) atoms. The van der Waals surface area contributed by atoms with E-state index >= 15 is 0 Å². The first-order chi connectivity index (χ1) is 20.1. The molecular weight excluding hydrogens is 573 g/mol. The van der Waals surface area contributed by atoms with Crippen molar-refractivity contribution in [2.45, 2.75) is 38.5 Å². The summed E-state index contributed by atoms with van der Waals surface area (Å²) in [6, 6.07) is 29.9. The lowest BCUT2D eigenvalue weighted by Crippen LogP contribution is -2.18. The van der Waals surface area contributed by atoms with E-state index in [1.165, 1.54) is 29.3 Å². The normalized spacial score (nSPS) is 11.0. The fourth-order valence-corrected chi connectivity index (χ4v) is 4.85. The Labute approximate surface area is 255 Å². The Balaban J connectivity index is 1.19. The number of hydrogen-bond donors (Lipinski definition) is 1. The predicted octanol–water partition coefficient (Wildman–Crippen LogP) is 8.65. The lowest BCUT2D eigenvalue weighted by atomic mass is 9.78. The molecule has 0 radical (unpaired) electrons. The van der Waals surface area contributed by atoms with Gasteiger partial charge in [0.2, 0.25) is 11.7 Å². The van der Waals surface area contributed by atoms with E-state index in [9.17, 15) is 14.4 Å². The number of Topliss-reactive ketones (excluding diaryl/α,β-unsaturated/α-hetero) is 1. The molecule has 8 heteroatoms. The standard InChI is InChI=1S/C34H31Cl2NO5/c1-34(2,23-7-4-3-5-8-23)24-11-16-27(17-12-24)42-28-18-14-26(15-19-28)37-32(39)9-6-10-33(40)41-22-31(38)29-20-13-25(35)21-30(29)36/h3-5,7-8,11-21H,6,9-10,22H2,1-2H3,(H,37,39). The summed E-state index contributed by atoms with van der Waals surface area (Å²) in [7, 11) is 0. The van der Waals surface area contributed by atoms with E-state index in [2.05, 4.69) is 43.4 Å². The van der Waals surface area contributed by atoms with Crippen molar-refractivity contribution in [2.75, 3.05) is 11.9 Å². The second-order valence-corrected chi connectivity index (χ2v) is 11.1. The van der Waals surface area contributed by atoms with Crippen LogP contribution in [0.1, 0.15) is 54.6 Å². The smallest absolute Gasteiger partial charge is 0.306 e.